The molecule has 0 aromatic heterocycles. The number of fused-ring (bicyclic) bond motifs is 1. The third-order valence-electron chi connectivity index (χ3n) is 4.22. The van der Waals surface area contributed by atoms with Crippen LogP contribution in [0.1, 0.15) is 5.56 Å². The van der Waals surface area contributed by atoms with Crippen LogP contribution in [0.25, 0.3) is 10.8 Å². The standard InChI is InChI=1S/C18H21N3O3/c19-17(22)16-12-21(10-11-24-16)18(23)20-9-8-14-6-3-5-13-4-1-2-7-15(13)14/h1-7,16H,8-12H2,(H2,19,22)(H,20,23). The summed E-state index contributed by atoms with van der Waals surface area (Å²) in [6.07, 6.45) is 0.0269. The lowest BCUT2D eigenvalue weighted by atomic mass is 10.0. The maximum absolute atomic E-state index is 12.2. The summed E-state index contributed by atoms with van der Waals surface area (Å²) in [7, 11) is 0. The zero-order valence-electron chi connectivity index (χ0n) is 13.4. The molecule has 3 rings (SSSR count). The third-order valence-corrected chi connectivity index (χ3v) is 4.22. The molecule has 1 heterocycles. The molecule has 2 aromatic rings. The van der Waals surface area contributed by atoms with Gasteiger partial charge in [0.15, 0.2) is 6.10 Å². The Balaban J connectivity index is 1.56. The average Bonchev–Trinajstić information content (AvgIpc) is 2.62. The predicted octanol–water partition coefficient (Wildman–Crippen LogP) is 1.28. The highest BCUT2D eigenvalue weighted by atomic mass is 16.5. The molecule has 1 fully saturated rings. The summed E-state index contributed by atoms with van der Waals surface area (Å²) in [5.41, 5.74) is 6.44. The van der Waals surface area contributed by atoms with Crippen LogP contribution in [0.15, 0.2) is 42.5 Å². The fourth-order valence-electron chi connectivity index (χ4n) is 2.93. The van der Waals surface area contributed by atoms with Crippen LogP contribution in [0.3, 0.4) is 0 Å². The minimum Gasteiger partial charge on any atom is -0.367 e. The van der Waals surface area contributed by atoms with Crippen LogP contribution >= 0.6 is 0 Å². The van der Waals surface area contributed by atoms with E-state index in [-0.39, 0.29) is 12.6 Å². The summed E-state index contributed by atoms with van der Waals surface area (Å²) in [5, 5.41) is 5.30. The van der Waals surface area contributed by atoms with Gasteiger partial charge >= 0.3 is 6.03 Å². The quantitative estimate of drug-likeness (QED) is 0.887. The first-order valence-electron chi connectivity index (χ1n) is 8.05. The minimum atomic E-state index is -0.720. The van der Waals surface area contributed by atoms with Crippen LogP contribution < -0.4 is 11.1 Å². The molecule has 0 aliphatic carbocycles. The SMILES string of the molecule is NC(=O)C1CN(C(=O)NCCc2cccc3ccccc23)CCO1. The van der Waals surface area contributed by atoms with Gasteiger partial charge in [-0.15, -0.1) is 0 Å². The van der Waals surface area contributed by atoms with Crippen LogP contribution in [-0.4, -0.2) is 49.2 Å². The number of rotatable bonds is 4. The average molecular weight is 327 g/mol. The first kappa shape index (κ1) is 16.3. The number of benzene rings is 2. The molecule has 1 aliphatic heterocycles. The summed E-state index contributed by atoms with van der Waals surface area (Å²) < 4.78 is 5.25. The van der Waals surface area contributed by atoms with Crippen molar-refractivity contribution in [3.63, 3.8) is 0 Å². The molecule has 3 N–H and O–H groups in total. The molecule has 1 atom stereocenters. The van der Waals surface area contributed by atoms with Crippen molar-refractivity contribution in [3.05, 3.63) is 48.0 Å². The fraction of sp³-hybridized carbons (Fsp3) is 0.333. The van der Waals surface area contributed by atoms with Crippen LogP contribution in [-0.2, 0) is 16.0 Å². The maximum Gasteiger partial charge on any atom is 0.317 e. The van der Waals surface area contributed by atoms with E-state index in [4.69, 9.17) is 10.5 Å². The van der Waals surface area contributed by atoms with Gasteiger partial charge in [0.25, 0.3) is 0 Å². The van der Waals surface area contributed by atoms with Crippen LogP contribution in [0.5, 0.6) is 0 Å². The maximum atomic E-state index is 12.2. The molecule has 0 saturated carbocycles. The fourth-order valence-corrected chi connectivity index (χ4v) is 2.93. The lowest BCUT2D eigenvalue weighted by molar-refractivity contribution is -0.133. The van der Waals surface area contributed by atoms with Crippen molar-refractivity contribution in [2.45, 2.75) is 12.5 Å². The molecule has 0 radical (unpaired) electrons. The van der Waals surface area contributed by atoms with Crippen molar-refractivity contribution >= 4 is 22.7 Å². The van der Waals surface area contributed by atoms with E-state index in [9.17, 15) is 9.59 Å². The van der Waals surface area contributed by atoms with E-state index in [2.05, 4.69) is 29.6 Å². The number of primary amides is 1. The van der Waals surface area contributed by atoms with Gasteiger partial charge < -0.3 is 20.7 Å². The molecular formula is C18H21N3O3. The molecule has 1 unspecified atom stereocenters. The number of hydrogen-bond donors (Lipinski definition) is 2. The number of nitrogens with two attached hydrogens (primary N) is 1. The highest BCUT2D eigenvalue weighted by Crippen LogP contribution is 2.18. The van der Waals surface area contributed by atoms with Crippen molar-refractivity contribution in [2.75, 3.05) is 26.2 Å². The number of urea groups is 1. The molecule has 2 aromatic carbocycles. The highest BCUT2D eigenvalue weighted by Gasteiger charge is 2.27. The number of amides is 3. The number of carbonyl (C=O) groups is 2. The van der Waals surface area contributed by atoms with Gasteiger partial charge in [-0.05, 0) is 22.8 Å². The number of ether oxygens (including phenoxy) is 1. The first-order valence-corrected chi connectivity index (χ1v) is 8.05. The molecular weight excluding hydrogens is 306 g/mol. The monoisotopic (exact) mass is 327 g/mol. The second-order valence-electron chi connectivity index (χ2n) is 5.83. The molecule has 0 bridgehead atoms. The Morgan fingerprint density at radius 3 is 2.83 bits per heavy atom. The van der Waals surface area contributed by atoms with E-state index >= 15 is 0 Å². The number of nitrogens with one attached hydrogen (secondary N) is 1. The Labute approximate surface area is 140 Å². The molecule has 24 heavy (non-hydrogen) atoms. The molecule has 126 valence electrons. The van der Waals surface area contributed by atoms with Crippen molar-refractivity contribution in [3.8, 4) is 0 Å². The number of carbonyl (C=O) groups excluding carboxylic acids is 2. The van der Waals surface area contributed by atoms with Gasteiger partial charge in [-0.2, -0.15) is 0 Å². The topological polar surface area (TPSA) is 84.7 Å². The van der Waals surface area contributed by atoms with Crippen LogP contribution in [0.2, 0.25) is 0 Å². The van der Waals surface area contributed by atoms with E-state index in [1.54, 1.807) is 4.90 Å². The second kappa shape index (κ2) is 7.31. The van der Waals surface area contributed by atoms with Gasteiger partial charge in [-0.3, -0.25) is 4.79 Å². The van der Waals surface area contributed by atoms with Gasteiger partial charge in [-0.25, -0.2) is 4.79 Å². The van der Waals surface area contributed by atoms with Crippen LogP contribution in [0.4, 0.5) is 4.79 Å². The zero-order valence-corrected chi connectivity index (χ0v) is 13.4. The molecule has 3 amide bonds. The predicted molar refractivity (Wildman–Crippen MR) is 91.6 cm³/mol. The normalized spacial score (nSPS) is 17.7. The lowest BCUT2D eigenvalue weighted by Gasteiger charge is -2.31. The summed E-state index contributed by atoms with van der Waals surface area (Å²) >= 11 is 0. The lowest BCUT2D eigenvalue weighted by Crippen LogP contribution is -2.53. The molecule has 1 aliphatic rings. The Bertz CT molecular complexity index is 742. The van der Waals surface area contributed by atoms with Gasteiger partial charge in [0, 0.05) is 13.1 Å². The van der Waals surface area contributed by atoms with E-state index < -0.39 is 12.0 Å². The Morgan fingerprint density at radius 2 is 2.00 bits per heavy atom. The Morgan fingerprint density at radius 1 is 1.21 bits per heavy atom. The molecule has 0 spiro atoms. The smallest absolute Gasteiger partial charge is 0.317 e. The Kier molecular flexibility index (Phi) is 4.96. The van der Waals surface area contributed by atoms with Gasteiger partial charge in [0.2, 0.25) is 5.91 Å². The van der Waals surface area contributed by atoms with E-state index in [1.807, 2.05) is 18.2 Å². The third kappa shape index (κ3) is 3.65. The highest BCUT2D eigenvalue weighted by molar-refractivity contribution is 5.85. The van der Waals surface area contributed by atoms with Crippen LogP contribution in [0, 0.1) is 0 Å². The van der Waals surface area contributed by atoms with Crippen molar-refractivity contribution < 1.29 is 14.3 Å². The van der Waals surface area contributed by atoms with Crippen molar-refractivity contribution in [1.82, 2.24) is 10.2 Å². The van der Waals surface area contributed by atoms with Gasteiger partial charge in [0.05, 0.1) is 13.2 Å². The van der Waals surface area contributed by atoms with Crippen molar-refractivity contribution in [1.29, 1.82) is 0 Å². The first-order chi connectivity index (χ1) is 11.6. The number of morpholine rings is 1. The van der Waals surface area contributed by atoms with E-state index in [1.165, 1.54) is 16.3 Å². The van der Waals surface area contributed by atoms with E-state index in [0.717, 1.165) is 6.42 Å². The largest absolute Gasteiger partial charge is 0.367 e. The summed E-state index contributed by atoms with van der Waals surface area (Å²) in [4.78, 5) is 25.0. The zero-order chi connectivity index (χ0) is 16.9. The summed E-state index contributed by atoms with van der Waals surface area (Å²) in [6, 6.07) is 14.2. The van der Waals surface area contributed by atoms with E-state index in [0.29, 0.717) is 19.7 Å². The molecule has 6 heteroatoms. The molecule has 6 nitrogen and oxygen atoms in total. The van der Waals surface area contributed by atoms with Gasteiger partial charge in [0.1, 0.15) is 0 Å². The summed E-state index contributed by atoms with van der Waals surface area (Å²) in [6.45, 7) is 1.52. The number of nitrogens with zero attached hydrogens (tertiary/aromatic N) is 1. The molecule has 1 saturated heterocycles. The van der Waals surface area contributed by atoms with Gasteiger partial charge in [-0.1, -0.05) is 42.5 Å². The minimum absolute atomic E-state index is 0.190. The van der Waals surface area contributed by atoms with Crippen molar-refractivity contribution in [2.24, 2.45) is 5.73 Å². The second-order valence-corrected chi connectivity index (χ2v) is 5.83. The Hall–Kier alpha value is -2.60. The number of hydrogen-bond acceptors (Lipinski definition) is 3. The summed E-state index contributed by atoms with van der Waals surface area (Å²) in [5.74, 6) is -0.539.